The molecular formula is C13H14N4O2S. The van der Waals surface area contributed by atoms with Crippen molar-refractivity contribution in [3.63, 3.8) is 0 Å². The molecule has 0 bridgehead atoms. The third-order valence-corrected chi connectivity index (χ3v) is 2.42. The van der Waals surface area contributed by atoms with Gasteiger partial charge in [0.25, 0.3) is 0 Å². The molecule has 0 unspecified atom stereocenters. The molecule has 0 fully saturated rings. The van der Waals surface area contributed by atoms with E-state index in [4.69, 9.17) is 21.1 Å². The van der Waals surface area contributed by atoms with E-state index >= 15 is 0 Å². The molecule has 0 aliphatic heterocycles. The molecule has 0 spiro atoms. The first-order chi connectivity index (χ1) is 9.63. The van der Waals surface area contributed by atoms with Gasteiger partial charge >= 0.3 is 0 Å². The number of hydrogen-bond acceptors (Lipinski definition) is 5. The number of hydrazone groups is 2. The Bertz CT molecular complexity index is 588. The summed E-state index contributed by atoms with van der Waals surface area (Å²) in [5.74, 6) is 2.94. The zero-order valence-electron chi connectivity index (χ0n) is 11.1. The number of aryl methyl sites for hydroxylation is 2. The highest BCUT2D eigenvalue weighted by Gasteiger charge is 1.95. The Morgan fingerprint density at radius 3 is 1.75 bits per heavy atom. The summed E-state index contributed by atoms with van der Waals surface area (Å²) in [6, 6.07) is 7.34. The van der Waals surface area contributed by atoms with E-state index in [0.29, 0.717) is 11.5 Å². The molecule has 0 saturated heterocycles. The van der Waals surface area contributed by atoms with E-state index in [-0.39, 0.29) is 5.11 Å². The molecule has 2 heterocycles. The summed E-state index contributed by atoms with van der Waals surface area (Å²) in [5, 5.41) is 8.10. The Balaban J connectivity index is 1.75. The van der Waals surface area contributed by atoms with Crippen LogP contribution < -0.4 is 10.9 Å². The van der Waals surface area contributed by atoms with Gasteiger partial charge in [0.2, 0.25) is 5.11 Å². The molecule has 0 atom stereocenters. The van der Waals surface area contributed by atoms with Crippen LogP contribution >= 0.6 is 12.2 Å². The molecule has 7 heteroatoms. The summed E-state index contributed by atoms with van der Waals surface area (Å²) in [6.07, 6.45) is 3.06. The average molecular weight is 290 g/mol. The Kier molecular flexibility index (Phi) is 4.67. The van der Waals surface area contributed by atoms with E-state index in [0.717, 1.165) is 11.5 Å². The monoisotopic (exact) mass is 290 g/mol. The maximum absolute atomic E-state index is 5.31. The van der Waals surface area contributed by atoms with Crippen LogP contribution in [0.3, 0.4) is 0 Å². The molecule has 0 aliphatic carbocycles. The number of hydrogen-bond donors (Lipinski definition) is 2. The number of thiocarbonyl (C=S) groups is 1. The topological polar surface area (TPSA) is 75.1 Å². The van der Waals surface area contributed by atoms with E-state index in [1.807, 2.05) is 38.1 Å². The fraction of sp³-hybridized carbons (Fsp3) is 0.154. The minimum atomic E-state index is 0.268. The minimum absolute atomic E-state index is 0.268. The Labute approximate surface area is 121 Å². The maximum Gasteiger partial charge on any atom is 0.207 e. The second kappa shape index (κ2) is 6.67. The fourth-order valence-electron chi connectivity index (χ4n) is 1.38. The van der Waals surface area contributed by atoms with Gasteiger partial charge in [0, 0.05) is 0 Å². The van der Waals surface area contributed by atoms with Gasteiger partial charge in [0.15, 0.2) is 0 Å². The lowest BCUT2D eigenvalue weighted by Crippen LogP contribution is -2.28. The number of rotatable bonds is 4. The minimum Gasteiger partial charge on any atom is -0.460 e. The molecule has 2 N–H and O–H groups in total. The summed E-state index contributed by atoms with van der Waals surface area (Å²) in [7, 11) is 0. The van der Waals surface area contributed by atoms with Gasteiger partial charge in [-0.3, -0.25) is 10.9 Å². The first kappa shape index (κ1) is 14.0. The molecule has 2 aromatic heterocycles. The van der Waals surface area contributed by atoms with Gasteiger partial charge in [-0.25, -0.2) is 0 Å². The van der Waals surface area contributed by atoms with Crippen molar-refractivity contribution in [1.29, 1.82) is 0 Å². The smallest absolute Gasteiger partial charge is 0.207 e. The molecule has 2 rings (SSSR count). The molecule has 104 valence electrons. The van der Waals surface area contributed by atoms with Crippen molar-refractivity contribution in [2.24, 2.45) is 10.2 Å². The number of nitrogens with zero attached hydrogens (tertiary/aromatic N) is 2. The zero-order chi connectivity index (χ0) is 14.4. The predicted molar refractivity (Wildman–Crippen MR) is 80.9 cm³/mol. The summed E-state index contributed by atoms with van der Waals surface area (Å²) in [5.41, 5.74) is 5.23. The molecule has 0 radical (unpaired) electrons. The van der Waals surface area contributed by atoms with Crippen LogP contribution in [-0.2, 0) is 0 Å². The fourth-order valence-corrected chi connectivity index (χ4v) is 1.49. The van der Waals surface area contributed by atoms with Crippen molar-refractivity contribution >= 4 is 29.8 Å². The normalized spacial score (nSPS) is 11.3. The average Bonchev–Trinajstić information content (AvgIpc) is 2.99. The van der Waals surface area contributed by atoms with Crippen LogP contribution in [-0.4, -0.2) is 17.5 Å². The van der Waals surface area contributed by atoms with Crippen molar-refractivity contribution in [1.82, 2.24) is 10.9 Å². The quantitative estimate of drug-likeness (QED) is 0.513. The van der Waals surface area contributed by atoms with E-state index < -0.39 is 0 Å². The predicted octanol–water partition coefficient (Wildman–Crippen LogP) is 2.32. The van der Waals surface area contributed by atoms with Gasteiger partial charge in [-0.2, -0.15) is 10.2 Å². The molecule has 0 saturated carbocycles. The van der Waals surface area contributed by atoms with Gasteiger partial charge < -0.3 is 8.83 Å². The summed E-state index contributed by atoms with van der Waals surface area (Å²) in [6.45, 7) is 3.73. The van der Waals surface area contributed by atoms with Crippen LogP contribution in [0.1, 0.15) is 23.0 Å². The Morgan fingerprint density at radius 2 is 1.40 bits per heavy atom. The van der Waals surface area contributed by atoms with E-state index in [2.05, 4.69) is 21.1 Å². The van der Waals surface area contributed by atoms with E-state index in [9.17, 15) is 0 Å². The molecule has 0 aliphatic rings. The second-order valence-electron chi connectivity index (χ2n) is 3.97. The van der Waals surface area contributed by atoms with Crippen molar-refractivity contribution in [3.8, 4) is 0 Å². The van der Waals surface area contributed by atoms with Crippen LogP contribution in [0.25, 0.3) is 0 Å². The maximum atomic E-state index is 5.31. The van der Waals surface area contributed by atoms with Gasteiger partial charge in [0.05, 0.1) is 12.4 Å². The van der Waals surface area contributed by atoms with E-state index in [1.165, 1.54) is 12.4 Å². The highest BCUT2D eigenvalue weighted by atomic mass is 32.1. The molecule has 6 nitrogen and oxygen atoms in total. The first-order valence-corrected chi connectivity index (χ1v) is 6.29. The molecule has 0 amide bonds. The van der Waals surface area contributed by atoms with Crippen LogP contribution in [0, 0.1) is 13.8 Å². The summed E-state index contributed by atoms with van der Waals surface area (Å²) < 4.78 is 10.6. The van der Waals surface area contributed by atoms with Crippen LogP contribution in [0.2, 0.25) is 0 Å². The third kappa shape index (κ3) is 4.36. The summed E-state index contributed by atoms with van der Waals surface area (Å²) in [4.78, 5) is 0. The molecular weight excluding hydrogens is 276 g/mol. The largest absolute Gasteiger partial charge is 0.460 e. The standard InChI is InChI=1S/C13H14N4O2S/c1-9-3-5-11(18-9)7-14-16-13(20)17-15-8-12-6-4-10(2)19-12/h3-8H,1-2H3,(H2,16,17,20). The van der Waals surface area contributed by atoms with Crippen molar-refractivity contribution in [2.75, 3.05) is 0 Å². The van der Waals surface area contributed by atoms with Crippen molar-refractivity contribution in [3.05, 3.63) is 47.3 Å². The lowest BCUT2D eigenvalue weighted by molar-refractivity contribution is 0.527. The SMILES string of the molecule is Cc1ccc(C=NNC(=S)NN=Cc2ccc(C)o2)o1. The van der Waals surface area contributed by atoms with Gasteiger partial charge in [-0.1, -0.05) is 0 Å². The second-order valence-corrected chi connectivity index (χ2v) is 4.37. The molecule has 0 aromatic carbocycles. The van der Waals surface area contributed by atoms with Crippen molar-refractivity contribution in [2.45, 2.75) is 13.8 Å². The zero-order valence-corrected chi connectivity index (χ0v) is 11.9. The number of nitrogens with one attached hydrogen (secondary N) is 2. The van der Waals surface area contributed by atoms with Gasteiger partial charge in [0.1, 0.15) is 23.0 Å². The highest BCUT2D eigenvalue weighted by Crippen LogP contribution is 2.03. The van der Waals surface area contributed by atoms with Crippen LogP contribution in [0.5, 0.6) is 0 Å². The molecule has 20 heavy (non-hydrogen) atoms. The van der Waals surface area contributed by atoms with Crippen molar-refractivity contribution < 1.29 is 8.83 Å². The lowest BCUT2D eigenvalue weighted by Gasteiger charge is -1.99. The Morgan fingerprint density at radius 1 is 0.950 bits per heavy atom. The van der Waals surface area contributed by atoms with Gasteiger partial charge in [-0.15, -0.1) is 0 Å². The summed E-state index contributed by atoms with van der Waals surface area (Å²) >= 11 is 4.98. The molecule has 2 aromatic rings. The lowest BCUT2D eigenvalue weighted by atomic mass is 10.4. The third-order valence-electron chi connectivity index (χ3n) is 2.24. The highest BCUT2D eigenvalue weighted by molar-refractivity contribution is 7.80. The first-order valence-electron chi connectivity index (χ1n) is 5.88. The Hall–Kier alpha value is -2.41. The van der Waals surface area contributed by atoms with Gasteiger partial charge in [-0.05, 0) is 50.3 Å². The van der Waals surface area contributed by atoms with E-state index in [1.54, 1.807) is 0 Å². The number of furan rings is 2. The van der Waals surface area contributed by atoms with Crippen LogP contribution in [0.4, 0.5) is 0 Å². The van der Waals surface area contributed by atoms with Crippen LogP contribution in [0.15, 0.2) is 43.3 Å².